The fraction of sp³-hybridized carbons (Fsp3) is 0.571. The summed E-state index contributed by atoms with van der Waals surface area (Å²) in [5.41, 5.74) is 2.46. The molecule has 1 unspecified atom stereocenters. The molecule has 0 aliphatic carbocycles. The average molecular weight is 235 g/mol. The normalized spacial score (nSPS) is 16.8. The topological polar surface area (TPSA) is 34.4 Å². The molecule has 3 heteroatoms. The highest BCUT2D eigenvalue weighted by molar-refractivity contribution is 5.38. The van der Waals surface area contributed by atoms with Crippen molar-refractivity contribution < 1.29 is 9.15 Å². The monoisotopic (exact) mass is 235 g/mol. The minimum Gasteiger partial charge on any atom is -0.496 e. The van der Waals surface area contributed by atoms with E-state index < -0.39 is 0 Å². The van der Waals surface area contributed by atoms with E-state index in [0.29, 0.717) is 0 Å². The minimum absolute atomic E-state index is 0.139. The van der Waals surface area contributed by atoms with Crippen molar-refractivity contribution in [3.05, 3.63) is 34.5 Å². The largest absolute Gasteiger partial charge is 0.496 e. The molecule has 2 rings (SSSR count). The lowest BCUT2D eigenvalue weighted by molar-refractivity contribution is 0.215. The van der Waals surface area contributed by atoms with Gasteiger partial charge in [0.05, 0.1) is 12.6 Å². The molecule has 0 aromatic carbocycles. The number of hydrogen-bond acceptors (Lipinski definition) is 3. The lowest BCUT2D eigenvalue weighted by Crippen LogP contribution is -2.24. The van der Waals surface area contributed by atoms with Gasteiger partial charge < -0.3 is 14.5 Å². The third-order valence-corrected chi connectivity index (χ3v) is 3.33. The summed E-state index contributed by atoms with van der Waals surface area (Å²) < 4.78 is 11.4. The van der Waals surface area contributed by atoms with Crippen LogP contribution in [0.3, 0.4) is 0 Å². The Kier molecular flexibility index (Phi) is 3.57. The maximum Gasteiger partial charge on any atom is 0.114 e. The summed E-state index contributed by atoms with van der Waals surface area (Å²) in [6, 6.07) is 0.139. The summed E-state index contributed by atoms with van der Waals surface area (Å²) in [5.74, 6) is 3.03. The summed E-state index contributed by atoms with van der Waals surface area (Å²) in [6.07, 6.45) is 3.18. The van der Waals surface area contributed by atoms with E-state index in [4.69, 9.17) is 9.15 Å². The van der Waals surface area contributed by atoms with Crippen molar-refractivity contribution in [2.75, 3.05) is 13.2 Å². The molecule has 0 spiro atoms. The zero-order chi connectivity index (χ0) is 12.4. The highest BCUT2D eigenvalue weighted by Crippen LogP contribution is 2.33. The third kappa shape index (κ3) is 2.25. The van der Waals surface area contributed by atoms with Crippen molar-refractivity contribution in [1.82, 2.24) is 5.32 Å². The predicted octanol–water partition coefficient (Wildman–Crippen LogP) is 3.16. The van der Waals surface area contributed by atoms with Crippen molar-refractivity contribution in [3.8, 4) is 0 Å². The summed E-state index contributed by atoms with van der Waals surface area (Å²) in [6.45, 7) is 9.97. The van der Waals surface area contributed by atoms with E-state index in [9.17, 15) is 0 Å². The van der Waals surface area contributed by atoms with Gasteiger partial charge in [-0.25, -0.2) is 0 Å². The van der Waals surface area contributed by atoms with Crippen molar-refractivity contribution in [2.24, 2.45) is 0 Å². The van der Waals surface area contributed by atoms with Crippen LogP contribution in [0.25, 0.3) is 0 Å². The van der Waals surface area contributed by atoms with Crippen LogP contribution in [0.1, 0.15) is 42.0 Å². The molecule has 1 aliphatic rings. The molecule has 0 amide bonds. The number of aryl methyl sites for hydroxylation is 2. The van der Waals surface area contributed by atoms with Gasteiger partial charge in [0, 0.05) is 12.0 Å². The third-order valence-electron chi connectivity index (χ3n) is 3.33. The fourth-order valence-electron chi connectivity index (χ4n) is 2.42. The van der Waals surface area contributed by atoms with Crippen molar-refractivity contribution in [3.63, 3.8) is 0 Å². The molecule has 2 heterocycles. The Balaban J connectivity index is 2.38. The van der Waals surface area contributed by atoms with E-state index in [0.717, 1.165) is 36.9 Å². The van der Waals surface area contributed by atoms with Gasteiger partial charge in [0.2, 0.25) is 0 Å². The smallest absolute Gasteiger partial charge is 0.114 e. The number of likely N-dealkylation sites (N-methyl/N-ethyl adjacent to an activating group) is 1. The predicted molar refractivity (Wildman–Crippen MR) is 68.0 cm³/mol. The lowest BCUT2D eigenvalue weighted by atomic mass is 10.00. The number of nitrogens with one attached hydrogen (secondary N) is 1. The zero-order valence-corrected chi connectivity index (χ0v) is 11.1. The second kappa shape index (κ2) is 4.96. The summed E-state index contributed by atoms with van der Waals surface area (Å²) in [7, 11) is 0. The van der Waals surface area contributed by atoms with Crippen LogP contribution >= 0.6 is 0 Å². The van der Waals surface area contributed by atoms with E-state index in [1.54, 1.807) is 0 Å². The second-order valence-electron chi connectivity index (χ2n) is 4.49. The molecule has 1 atom stereocenters. The van der Waals surface area contributed by atoms with Gasteiger partial charge in [0.15, 0.2) is 0 Å². The van der Waals surface area contributed by atoms with Crippen LogP contribution in [-0.2, 0) is 4.74 Å². The van der Waals surface area contributed by atoms with Crippen molar-refractivity contribution in [1.29, 1.82) is 0 Å². The van der Waals surface area contributed by atoms with Crippen LogP contribution in [0.4, 0.5) is 0 Å². The summed E-state index contributed by atoms with van der Waals surface area (Å²) in [5, 5.41) is 3.48. The maximum atomic E-state index is 5.71. The van der Waals surface area contributed by atoms with Gasteiger partial charge in [-0.05, 0) is 39.0 Å². The first-order valence-electron chi connectivity index (χ1n) is 6.27. The van der Waals surface area contributed by atoms with Gasteiger partial charge in [-0.3, -0.25) is 0 Å². The molecular weight excluding hydrogens is 214 g/mol. The van der Waals surface area contributed by atoms with Gasteiger partial charge in [-0.1, -0.05) is 6.92 Å². The van der Waals surface area contributed by atoms with Crippen LogP contribution in [0.2, 0.25) is 0 Å². The molecule has 1 aliphatic heterocycles. The van der Waals surface area contributed by atoms with Crippen LogP contribution in [-0.4, -0.2) is 13.2 Å². The Morgan fingerprint density at radius 3 is 2.53 bits per heavy atom. The van der Waals surface area contributed by atoms with E-state index in [1.165, 1.54) is 11.1 Å². The molecule has 1 N–H and O–H groups in total. The van der Waals surface area contributed by atoms with Gasteiger partial charge in [0.25, 0.3) is 0 Å². The molecule has 0 saturated heterocycles. The summed E-state index contributed by atoms with van der Waals surface area (Å²) in [4.78, 5) is 0. The van der Waals surface area contributed by atoms with Gasteiger partial charge in [0.1, 0.15) is 17.3 Å². The van der Waals surface area contributed by atoms with Gasteiger partial charge in [-0.2, -0.15) is 0 Å². The van der Waals surface area contributed by atoms with Crippen LogP contribution in [0.5, 0.6) is 0 Å². The fourth-order valence-corrected chi connectivity index (χ4v) is 2.42. The molecule has 0 bridgehead atoms. The van der Waals surface area contributed by atoms with Crippen LogP contribution < -0.4 is 5.32 Å². The number of rotatable bonds is 4. The highest BCUT2D eigenvalue weighted by Gasteiger charge is 2.26. The van der Waals surface area contributed by atoms with E-state index in [-0.39, 0.29) is 6.04 Å². The molecule has 1 aromatic rings. The van der Waals surface area contributed by atoms with Crippen molar-refractivity contribution >= 4 is 0 Å². The Morgan fingerprint density at radius 1 is 1.29 bits per heavy atom. The lowest BCUT2D eigenvalue weighted by Gasteiger charge is -2.19. The first-order valence-corrected chi connectivity index (χ1v) is 6.27. The van der Waals surface area contributed by atoms with E-state index in [1.807, 2.05) is 13.8 Å². The van der Waals surface area contributed by atoms with Gasteiger partial charge in [-0.15, -0.1) is 0 Å². The second-order valence-corrected chi connectivity index (χ2v) is 4.49. The van der Waals surface area contributed by atoms with Crippen LogP contribution in [0, 0.1) is 20.8 Å². The van der Waals surface area contributed by atoms with Gasteiger partial charge >= 0.3 is 0 Å². The number of hydrogen-bond donors (Lipinski definition) is 1. The Hall–Kier alpha value is -1.22. The molecule has 0 radical (unpaired) electrons. The quantitative estimate of drug-likeness (QED) is 0.870. The Morgan fingerprint density at radius 2 is 2.06 bits per heavy atom. The minimum atomic E-state index is 0.139. The highest BCUT2D eigenvalue weighted by atomic mass is 16.5. The molecule has 94 valence electrons. The molecule has 0 saturated carbocycles. The van der Waals surface area contributed by atoms with E-state index >= 15 is 0 Å². The van der Waals surface area contributed by atoms with Crippen molar-refractivity contribution in [2.45, 2.75) is 40.2 Å². The maximum absolute atomic E-state index is 5.71. The SMILES string of the molecule is CCNC(C1=CCCO1)c1c(C)oc(C)c1C. The molecular formula is C14H21NO2. The van der Waals surface area contributed by atoms with Crippen LogP contribution in [0.15, 0.2) is 16.3 Å². The molecule has 3 nitrogen and oxygen atoms in total. The standard InChI is InChI=1S/C14H21NO2/c1-5-15-14(12-7-6-8-16-12)13-9(2)10(3)17-11(13)4/h7,14-15H,5-6,8H2,1-4H3. The first kappa shape index (κ1) is 12.2. The molecule has 0 fully saturated rings. The Bertz CT molecular complexity index is 432. The first-order chi connectivity index (χ1) is 8.15. The number of furan rings is 1. The summed E-state index contributed by atoms with van der Waals surface area (Å²) >= 11 is 0. The average Bonchev–Trinajstić information content (AvgIpc) is 2.88. The molecule has 17 heavy (non-hydrogen) atoms. The Labute approximate surface area is 103 Å². The van der Waals surface area contributed by atoms with E-state index in [2.05, 4.69) is 25.2 Å². The zero-order valence-electron chi connectivity index (χ0n) is 11.1. The molecule has 1 aromatic heterocycles. The number of ether oxygens (including phenoxy) is 1.